The summed E-state index contributed by atoms with van der Waals surface area (Å²) in [5.41, 5.74) is 2.36. The van der Waals surface area contributed by atoms with Gasteiger partial charge in [0.2, 0.25) is 0 Å². The summed E-state index contributed by atoms with van der Waals surface area (Å²) < 4.78 is 1.08. The van der Waals surface area contributed by atoms with E-state index in [0.29, 0.717) is 17.8 Å². The topological polar surface area (TPSA) is 26.7 Å². The molecule has 1 heterocycles. The predicted octanol–water partition coefficient (Wildman–Crippen LogP) is 4.82. The maximum atomic E-state index is 10.0. The first kappa shape index (κ1) is 19.2. The Balaban J connectivity index is 1.99. The molecule has 0 bridgehead atoms. The Morgan fingerprint density at radius 1 is 1.12 bits per heavy atom. The number of phenolic OH excluding ortho intramolecular Hbond substituents is 1. The Kier molecular flexibility index (Phi) is 6.17. The highest BCUT2D eigenvalue weighted by molar-refractivity contribution is 9.10. The molecule has 138 valence electrons. The molecular formula is C22H27BrN2O. The van der Waals surface area contributed by atoms with Gasteiger partial charge in [0.15, 0.2) is 0 Å². The Bertz CT molecular complexity index is 718. The maximum Gasteiger partial charge on any atom is 0.115 e. The largest absolute Gasteiger partial charge is 0.508 e. The van der Waals surface area contributed by atoms with Crippen molar-refractivity contribution in [3.05, 3.63) is 76.8 Å². The lowest BCUT2D eigenvalue weighted by Crippen LogP contribution is -2.57. The molecule has 3 rings (SSSR count). The van der Waals surface area contributed by atoms with Crippen LogP contribution in [0, 0.1) is 0 Å². The van der Waals surface area contributed by atoms with E-state index in [9.17, 15) is 5.11 Å². The normalized spacial score (nSPS) is 22.9. The van der Waals surface area contributed by atoms with Gasteiger partial charge >= 0.3 is 0 Å². The van der Waals surface area contributed by atoms with Gasteiger partial charge in [-0.1, -0.05) is 46.3 Å². The number of piperazine rings is 1. The van der Waals surface area contributed by atoms with Crippen molar-refractivity contribution in [2.24, 2.45) is 0 Å². The molecule has 0 unspecified atom stereocenters. The van der Waals surface area contributed by atoms with Crippen molar-refractivity contribution in [2.45, 2.75) is 32.0 Å². The minimum Gasteiger partial charge on any atom is -0.508 e. The van der Waals surface area contributed by atoms with Crippen LogP contribution >= 0.6 is 15.9 Å². The number of hydrogen-bond acceptors (Lipinski definition) is 3. The molecule has 0 spiro atoms. The van der Waals surface area contributed by atoms with Gasteiger partial charge in [-0.3, -0.25) is 9.80 Å². The molecule has 1 saturated heterocycles. The molecule has 3 atom stereocenters. The van der Waals surface area contributed by atoms with Gasteiger partial charge in [0.05, 0.1) is 6.04 Å². The lowest BCUT2D eigenvalue weighted by molar-refractivity contribution is 0.0306. The Morgan fingerprint density at radius 2 is 1.81 bits per heavy atom. The maximum absolute atomic E-state index is 10.0. The molecule has 0 aliphatic carbocycles. The predicted molar refractivity (Wildman–Crippen MR) is 111 cm³/mol. The second-order valence-electron chi connectivity index (χ2n) is 7.19. The first-order chi connectivity index (χ1) is 12.5. The zero-order chi connectivity index (χ0) is 18.7. The molecule has 26 heavy (non-hydrogen) atoms. The van der Waals surface area contributed by atoms with Crippen molar-refractivity contribution in [3.8, 4) is 5.75 Å². The average Bonchev–Trinajstić information content (AvgIpc) is 2.60. The summed E-state index contributed by atoms with van der Waals surface area (Å²) >= 11 is 3.61. The number of halogens is 1. The fourth-order valence-electron chi connectivity index (χ4n) is 3.95. The van der Waals surface area contributed by atoms with Gasteiger partial charge in [-0.15, -0.1) is 6.58 Å². The lowest BCUT2D eigenvalue weighted by Gasteiger charge is -2.47. The number of benzene rings is 2. The first-order valence-corrected chi connectivity index (χ1v) is 9.94. The van der Waals surface area contributed by atoms with E-state index >= 15 is 0 Å². The van der Waals surface area contributed by atoms with E-state index in [1.54, 1.807) is 6.07 Å². The first-order valence-electron chi connectivity index (χ1n) is 9.14. The van der Waals surface area contributed by atoms with E-state index in [1.165, 1.54) is 5.56 Å². The second kappa shape index (κ2) is 8.38. The molecule has 0 amide bonds. The summed E-state index contributed by atoms with van der Waals surface area (Å²) in [5.74, 6) is 0.313. The van der Waals surface area contributed by atoms with Gasteiger partial charge in [0.25, 0.3) is 0 Å². The van der Waals surface area contributed by atoms with E-state index in [2.05, 4.69) is 76.5 Å². The van der Waals surface area contributed by atoms with Crippen LogP contribution in [0.15, 0.2) is 65.7 Å². The minimum atomic E-state index is 0.114. The van der Waals surface area contributed by atoms with Crippen LogP contribution < -0.4 is 0 Å². The van der Waals surface area contributed by atoms with Crippen LogP contribution in [0.25, 0.3) is 0 Å². The quantitative estimate of drug-likeness (QED) is 0.709. The lowest BCUT2D eigenvalue weighted by atomic mass is 9.93. The third-order valence-electron chi connectivity index (χ3n) is 5.21. The van der Waals surface area contributed by atoms with Gasteiger partial charge in [0.1, 0.15) is 5.75 Å². The third-order valence-corrected chi connectivity index (χ3v) is 5.70. The number of hydrogen-bond donors (Lipinski definition) is 1. The summed E-state index contributed by atoms with van der Waals surface area (Å²) in [4.78, 5) is 5.04. The van der Waals surface area contributed by atoms with Crippen LogP contribution in [-0.2, 0) is 0 Å². The molecule has 2 aromatic carbocycles. The zero-order valence-electron chi connectivity index (χ0n) is 15.5. The fraction of sp³-hybridized carbons (Fsp3) is 0.364. The third kappa shape index (κ3) is 4.20. The highest BCUT2D eigenvalue weighted by Crippen LogP contribution is 2.35. The van der Waals surface area contributed by atoms with Crippen LogP contribution in [0.3, 0.4) is 0 Å². The van der Waals surface area contributed by atoms with Crippen molar-refractivity contribution in [1.82, 2.24) is 9.80 Å². The fourth-order valence-corrected chi connectivity index (χ4v) is 4.37. The molecule has 1 aliphatic rings. The summed E-state index contributed by atoms with van der Waals surface area (Å²) in [6.07, 6.45) is 1.99. The van der Waals surface area contributed by atoms with Gasteiger partial charge in [-0.05, 0) is 49.2 Å². The highest BCUT2D eigenvalue weighted by Gasteiger charge is 2.34. The number of rotatable bonds is 5. The van der Waals surface area contributed by atoms with Gasteiger partial charge in [-0.2, -0.15) is 0 Å². The molecule has 1 N–H and O–H groups in total. The smallest absolute Gasteiger partial charge is 0.115 e. The number of phenols is 1. The van der Waals surface area contributed by atoms with Crippen molar-refractivity contribution in [1.29, 1.82) is 0 Å². The monoisotopic (exact) mass is 414 g/mol. The number of aromatic hydroxyl groups is 1. The van der Waals surface area contributed by atoms with Gasteiger partial charge in [0, 0.05) is 36.2 Å². The summed E-state index contributed by atoms with van der Waals surface area (Å²) in [6, 6.07) is 17.1. The highest BCUT2D eigenvalue weighted by atomic mass is 79.9. The molecule has 0 saturated carbocycles. The molecule has 0 aromatic heterocycles. The Labute approximate surface area is 165 Å². The van der Waals surface area contributed by atoms with Crippen LogP contribution in [-0.4, -0.2) is 46.6 Å². The molecule has 2 aromatic rings. The van der Waals surface area contributed by atoms with Crippen LogP contribution in [0.2, 0.25) is 0 Å². The summed E-state index contributed by atoms with van der Waals surface area (Å²) in [5, 5.41) is 10.0. The molecule has 0 radical (unpaired) electrons. The van der Waals surface area contributed by atoms with E-state index < -0.39 is 0 Å². The van der Waals surface area contributed by atoms with E-state index in [-0.39, 0.29) is 6.04 Å². The summed E-state index contributed by atoms with van der Waals surface area (Å²) in [6.45, 7) is 11.4. The van der Waals surface area contributed by atoms with Crippen LogP contribution in [0.5, 0.6) is 5.75 Å². The second-order valence-corrected chi connectivity index (χ2v) is 8.11. The molecule has 3 nitrogen and oxygen atoms in total. The van der Waals surface area contributed by atoms with Crippen molar-refractivity contribution >= 4 is 15.9 Å². The Morgan fingerprint density at radius 3 is 2.46 bits per heavy atom. The van der Waals surface area contributed by atoms with Gasteiger partial charge < -0.3 is 5.11 Å². The Hall–Kier alpha value is -1.62. The number of nitrogens with zero attached hydrogens (tertiary/aromatic N) is 2. The summed E-state index contributed by atoms with van der Waals surface area (Å²) in [7, 11) is 0. The van der Waals surface area contributed by atoms with E-state index in [1.807, 2.05) is 18.2 Å². The van der Waals surface area contributed by atoms with Crippen molar-refractivity contribution in [3.63, 3.8) is 0 Å². The standard InChI is InChI=1S/C22H27BrN2O/c1-4-11-24-14-17(3)25(15-16(24)2)22(18-7-5-9-20(23)12-18)19-8-6-10-21(26)13-19/h4-10,12-13,16-17,22,26H,1,11,14-15H2,2-3H3/t16-,17+,22-/m0/s1. The van der Waals surface area contributed by atoms with Gasteiger partial charge in [-0.25, -0.2) is 0 Å². The van der Waals surface area contributed by atoms with E-state index in [4.69, 9.17) is 0 Å². The van der Waals surface area contributed by atoms with Crippen LogP contribution in [0.4, 0.5) is 0 Å². The average molecular weight is 415 g/mol. The van der Waals surface area contributed by atoms with Crippen molar-refractivity contribution < 1.29 is 5.11 Å². The van der Waals surface area contributed by atoms with Crippen molar-refractivity contribution in [2.75, 3.05) is 19.6 Å². The van der Waals surface area contributed by atoms with Crippen LogP contribution in [0.1, 0.15) is 31.0 Å². The molecular weight excluding hydrogens is 388 g/mol. The minimum absolute atomic E-state index is 0.114. The molecule has 4 heteroatoms. The SMILES string of the molecule is C=CCN1C[C@@H](C)N([C@H](c2cccc(O)c2)c2cccc(Br)c2)C[C@@H]1C. The van der Waals surface area contributed by atoms with E-state index in [0.717, 1.165) is 29.7 Å². The molecule has 1 fully saturated rings. The zero-order valence-corrected chi connectivity index (χ0v) is 17.1. The molecule has 1 aliphatic heterocycles.